The Kier molecular flexibility index (Phi) is 4.82. The number of aryl methyl sites for hydroxylation is 1. The van der Waals surface area contributed by atoms with Crippen LogP contribution in [-0.2, 0) is 0 Å². The third-order valence-corrected chi connectivity index (χ3v) is 5.04. The molecule has 0 unspecified atom stereocenters. The highest BCUT2D eigenvalue weighted by molar-refractivity contribution is 5.11. The lowest BCUT2D eigenvalue weighted by Gasteiger charge is -2.28. The van der Waals surface area contributed by atoms with Crippen LogP contribution in [0.25, 0.3) is 0 Å². The summed E-state index contributed by atoms with van der Waals surface area (Å²) in [5.74, 6) is -13.3. The molecule has 1 rings (SSSR count). The molecule has 120 valence electrons. The number of benzene rings is 1. The Morgan fingerprint density at radius 3 is 1.52 bits per heavy atom. The first kappa shape index (κ1) is 18.4. The van der Waals surface area contributed by atoms with Gasteiger partial charge < -0.3 is 0 Å². The molecule has 0 aliphatic carbocycles. The summed E-state index contributed by atoms with van der Waals surface area (Å²) >= 11 is -3.10. The first-order valence-corrected chi connectivity index (χ1v) is 7.31. The average Bonchev–Trinajstić information content (AvgIpc) is 2.30. The summed E-state index contributed by atoms with van der Waals surface area (Å²) in [5, 5.41) is 0. The summed E-state index contributed by atoms with van der Waals surface area (Å²) in [5.41, 5.74) is 0.596. The van der Waals surface area contributed by atoms with E-state index in [0.29, 0.717) is 5.56 Å². The molecule has 0 amide bonds. The molecule has 0 aliphatic rings. The summed E-state index contributed by atoms with van der Waals surface area (Å²) in [6.07, 6.45) is -6.77. The van der Waals surface area contributed by atoms with Crippen LogP contribution in [0, 0.1) is 10.5 Å². The van der Waals surface area contributed by atoms with Crippen LogP contribution in [0.1, 0.15) is 5.56 Å². The molecule has 0 N–H and O–H groups in total. The van der Waals surface area contributed by atoms with E-state index in [0.717, 1.165) is 12.1 Å². The van der Waals surface area contributed by atoms with Gasteiger partial charge in [-0.2, -0.15) is 39.5 Å². The Labute approximate surface area is 123 Å². The fraction of sp³-hybridized carbons (Fsp3) is 0.455. The zero-order valence-electron chi connectivity index (χ0n) is 10.1. The highest BCUT2D eigenvalue weighted by Crippen LogP contribution is 2.50. The van der Waals surface area contributed by atoms with Gasteiger partial charge in [0, 0.05) is 0 Å². The van der Waals surface area contributed by atoms with E-state index < -0.39 is 43.2 Å². The quantitative estimate of drug-likeness (QED) is 0.382. The Hall–Kier alpha value is -0.680. The van der Waals surface area contributed by atoms with Gasteiger partial charge in [-0.25, -0.2) is 0 Å². The van der Waals surface area contributed by atoms with Gasteiger partial charge in [-0.1, -0.05) is 17.7 Å². The van der Waals surface area contributed by atoms with Crippen molar-refractivity contribution in [1.29, 1.82) is 0 Å². The molecule has 21 heavy (non-hydrogen) atoms. The molecule has 0 nitrogen and oxygen atoms in total. The highest BCUT2D eigenvalue weighted by atomic mass is 127. The number of rotatable bonds is 4. The van der Waals surface area contributed by atoms with Crippen molar-refractivity contribution in [2.24, 2.45) is 0 Å². The smallest absolute Gasteiger partial charge is 0.189 e. The molecular weight excluding hydrogens is 430 g/mol. The van der Waals surface area contributed by atoms with E-state index >= 15 is 0 Å². The normalized spacial score (nSPS) is 14.4. The van der Waals surface area contributed by atoms with E-state index in [1.165, 1.54) is 12.1 Å². The van der Waals surface area contributed by atoms with E-state index in [1.807, 2.05) is 0 Å². The van der Waals surface area contributed by atoms with Gasteiger partial charge in [0.2, 0.25) is 0 Å². The molecule has 0 aromatic heterocycles. The first-order chi connectivity index (χ1) is 9.22. The number of hydrogen-bond acceptors (Lipinski definition) is 0. The molecule has 0 saturated heterocycles. The molecule has 0 radical (unpaired) electrons. The summed E-state index contributed by atoms with van der Waals surface area (Å²) in [7, 11) is 0. The maximum Gasteiger partial charge on any atom is 0.517 e. The minimum atomic E-state index is -6.81. The Morgan fingerprint density at radius 1 is 0.714 bits per heavy atom. The van der Waals surface area contributed by atoms with Crippen molar-refractivity contribution in [2.75, 3.05) is 0 Å². The van der Waals surface area contributed by atoms with Crippen LogP contribution >= 0.6 is 0 Å². The van der Waals surface area contributed by atoms with Gasteiger partial charge in [0.25, 0.3) is 0 Å². The maximum absolute atomic E-state index is 13.3. The van der Waals surface area contributed by atoms with Gasteiger partial charge in [0.1, 0.15) is 0 Å². The van der Waals surface area contributed by atoms with E-state index in [4.69, 9.17) is 0 Å². The van der Waals surface area contributed by atoms with Crippen LogP contribution in [0.4, 0.5) is 39.5 Å². The summed E-state index contributed by atoms with van der Waals surface area (Å²) < 4.78 is 108. The standard InChI is InChI=1S/C11H7F9I/c1-6-2-4-7(5-3-6)21-11(19,20)9(14,15)8(12,13)10(16,17)18/h2-5H,1H3/q+1. The van der Waals surface area contributed by atoms with Gasteiger partial charge in [-0.05, 0) is 19.1 Å². The monoisotopic (exact) mass is 437 g/mol. The first-order valence-electron chi connectivity index (χ1n) is 5.15. The summed E-state index contributed by atoms with van der Waals surface area (Å²) in [6, 6.07) is 4.53. The van der Waals surface area contributed by atoms with E-state index in [-0.39, 0.29) is 3.57 Å². The van der Waals surface area contributed by atoms with Crippen LogP contribution in [0.15, 0.2) is 24.3 Å². The maximum atomic E-state index is 13.3. The van der Waals surface area contributed by atoms with Crippen LogP contribution in [-0.4, -0.2) is 22.0 Å². The predicted octanol–water partition coefficient (Wildman–Crippen LogP) is 1.68. The second kappa shape index (κ2) is 5.51. The van der Waals surface area contributed by atoms with Crippen molar-refractivity contribution in [2.45, 2.75) is 28.9 Å². The van der Waals surface area contributed by atoms with Crippen LogP contribution in [0.2, 0.25) is 0 Å². The number of alkyl halides is 10. The Balaban J connectivity index is 3.12. The zero-order chi connectivity index (χ0) is 16.7. The van der Waals surface area contributed by atoms with E-state index in [9.17, 15) is 39.5 Å². The molecule has 1 aromatic carbocycles. The van der Waals surface area contributed by atoms with Gasteiger partial charge in [0.15, 0.2) is 3.57 Å². The van der Waals surface area contributed by atoms with Crippen LogP contribution in [0.3, 0.4) is 0 Å². The van der Waals surface area contributed by atoms with Gasteiger partial charge >= 0.3 is 43.2 Å². The van der Waals surface area contributed by atoms with Crippen molar-refractivity contribution in [3.63, 3.8) is 0 Å². The lowest BCUT2D eigenvalue weighted by Crippen LogP contribution is -3.68. The third-order valence-electron chi connectivity index (χ3n) is 2.35. The zero-order valence-corrected chi connectivity index (χ0v) is 12.2. The largest absolute Gasteiger partial charge is 0.517 e. The van der Waals surface area contributed by atoms with Crippen molar-refractivity contribution in [1.82, 2.24) is 0 Å². The predicted molar refractivity (Wildman–Crippen MR) is 50.8 cm³/mol. The third kappa shape index (κ3) is 3.39. The Bertz CT molecular complexity index is 489. The fourth-order valence-corrected chi connectivity index (χ4v) is 3.33. The molecule has 0 spiro atoms. The summed E-state index contributed by atoms with van der Waals surface area (Å²) in [6.45, 7) is 1.56. The molecule has 0 fully saturated rings. The second-order valence-corrected chi connectivity index (χ2v) is 7.17. The van der Waals surface area contributed by atoms with Crippen LogP contribution < -0.4 is 21.2 Å². The van der Waals surface area contributed by atoms with Gasteiger partial charge in [0.05, 0.1) is 0 Å². The summed E-state index contributed by atoms with van der Waals surface area (Å²) in [4.78, 5) is 0. The van der Waals surface area contributed by atoms with E-state index in [2.05, 4.69) is 0 Å². The number of halogens is 10. The molecule has 0 heterocycles. The minimum Gasteiger partial charge on any atom is -0.189 e. The lowest BCUT2D eigenvalue weighted by atomic mass is 10.2. The number of hydrogen-bond donors (Lipinski definition) is 0. The molecule has 0 aliphatic heterocycles. The molecule has 1 aromatic rings. The molecule has 0 saturated carbocycles. The van der Waals surface area contributed by atoms with E-state index in [1.54, 1.807) is 6.92 Å². The van der Waals surface area contributed by atoms with Crippen LogP contribution in [0.5, 0.6) is 0 Å². The van der Waals surface area contributed by atoms with Gasteiger partial charge in [-0.3, -0.25) is 0 Å². The topological polar surface area (TPSA) is 0 Å². The lowest BCUT2D eigenvalue weighted by molar-refractivity contribution is -0.790. The fourth-order valence-electron chi connectivity index (χ4n) is 1.15. The van der Waals surface area contributed by atoms with Crippen molar-refractivity contribution >= 4 is 0 Å². The Morgan fingerprint density at radius 2 is 1.14 bits per heavy atom. The SMILES string of the molecule is Cc1ccc([I+]C(F)(F)C(F)(F)C(F)(F)C(F)(F)F)cc1. The second-order valence-electron chi connectivity index (χ2n) is 4.03. The highest BCUT2D eigenvalue weighted by Gasteiger charge is 2.87. The molecular formula is C11H7F9I+. The van der Waals surface area contributed by atoms with Crippen molar-refractivity contribution in [3.8, 4) is 0 Å². The van der Waals surface area contributed by atoms with Crippen molar-refractivity contribution < 1.29 is 60.7 Å². The molecule has 10 heteroatoms. The van der Waals surface area contributed by atoms with Crippen molar-refractivity contribution in [3.05, 3.63) is 33.4 Å². The minimum absolute atomic E-state index is 0.373. The molecule has 0 atom stereocenters. The van der Waals surface area contributed by atoms with Gasteiger partial charge in [-0.15, -0.1) is 0 Å². The molecule has 0 bridgehead atoms. The average molecular weight is 437 g/mol.